The molecule has 0 fully saturated rings. The highest BCUT2D eigenvalue weighted by molar-refractivity contribution is 9.10. The smallest absolute Gasteiger partial charge is 0.132 e. The highest BCUT2D eigenvalue weighted by atomic mass is 79.9. The Balaban J connectivity index is 2.67. The SMILES string of the molecule is Cc1nc(-c2cc(Br)ccc2C)c(C#N)s1. The third-order valence-electron chi connectivity index (χ3n) is 2.29. The van der Waals surface area contributed by atoms with E-state index >= 15 is 0 Å². The van der Waals surface area contributed by atoms with Crippen molar-refractivity contribution in [3.8, 4) is 17.3 Å². The molecule has 0 atom stereocenters. The summed E-state index contributed by atoms with van der Waals surface area (Å²) in [4.78, 5) is 5.11. The number of aromatic nitrogens is 1. The number of halogens is 1. The first kappa shape index (κ1) is 11.3. The Hall–Kier alpha value is -1.18. The number of rotatable bonds is 1. The Morgan fingerprint density at radius 3 is 2.81 bits per heavy atom. The molecule has 0 amide bonds. The first-order valence-electron chi connectivity index (χ1n) is 4.76. The van der Waals surface area contributed by atoms with Crippen LogP contribution in [-0.2, 0) is 0 Å². The first-order valence-corrected chi connectivity index (χ1v) is 6.37. The van der Waals surface area contributed by atoms with Gasteiger partial charge in [-0.3, -0.25) is 0 Å². The van der Waals surface area contributed by atoms with Crippen molar-refractivity contribution >= 4 is 27.3 Å². The first-order chi connectivity index (χ1) is 7.61. The number of nitrogens with zero attached hydrogens (tertiary/aromatic N) is 2. The summed E-state index contributed by atoms with van der Waals surface area (Å²) in [5.41, 5.74) is 2.95. The maximum atomic E-state index is 9.06. The lowest BCUT2D eigenvalue weighted by molar-refractivity contribution is 1.28. The van der Waals surface area contributed by atoms with Crippen molar-refractivity contribution in [2.75, 3.05) is 0 Å². The number of aryl methyl sites for hydroxylation is 2. The van der Waals surface area contributed by atoms with Crippen LogP contribution in [0.3, 0.4) is 0 Å². The second-order valence-electron chi connectivity index (χ2n) is 3.48. The minimum Gasteiger partial charge on any atom is -0.240 e. The van der Waals surface area contributed by atoms with Crippen LogP contribution in [0.1, 0.15) is 15.4 Å². The number of nitriles is 1. The molecular formula is C12H9BrN2S. The second-order valence-corrected chi connectivity index (χ2v) is 5.60. The monoisotopic (exact) mass is 292 g/mol. The number of hydrogen-bond acceptors (Lipinski definition) is 3. The molecule has 16 heavy (non-hydrogen) atoms. The highest BCUT2D eigenvalue weighted by Crippen LogP contribution is 2.31. The van der Waals surface area contributed by atoms with E-state index in [-0.39, 0.29) is 0 Å². The van der Waals surface area contributed by atoms with Crippen LogP contribution < -0.4 is 0 Å². The van der Waals surface area contributed by atoms with Gasteiger partial charge < -0.3 is 0 Å². The lowest BCUT2D eigenvalue weighted by atomic mass is 10.1. The van der Waals surface area contributed by atoms with Crippen molar-refractivity contribution in [2.45, 2.75) is 13.8 Å². The Morgan fingerprint density at radius 1 is 1.38 bits per heavy atom. The predicted molar refractivity (Wildman–Crippen MR) is 69.4 cm³/mol. The van der Waals surface area contributed by atoms with E-state index in [0.717, 1.165) is 26.3 Å². The lowest BCUT2D eigenvalue weighted by Crippen LogP contribution is -1.86. The normalized spacial score (nSPS) is 10.1. The van der Waals surface area contributed by atoms with Crippen molar-refractivity contribution in [2.24, 2.45) is 0 Å². The number of benzene rings is 1. The average molecular weight is 293 g/mol. The van der Waals surface area contributed by atoms with Gasteiger partial charge in [0, 0.05) is 10.0 Å². The second kappa shape index (κ2) is 4.36. The third-order valence-corrected chi connectivity index (χ3v) is 3.66. The van der Waals surface area contributed by atoms with Gasteiger partial charge in [-0.05, 0) is 31.5 Å². The van der Waals surface area contributed by atoms with Gasteiger partial charge in [0.25, 0.3) is 0 Å². The summed E-state index contributed by atoms with van der Waals surface area (Å²) in [6.07, 6.45) is 0. The number of thiazole rings is 1. The topological polar surface area (TPSA) is 36.7 Å². The van der Waals surface area contributed by atoms with E-state index in [4.69, 9.17) is 5.26 Å². The molecule has 0 spiro atoms. The molecule has 1 aromatic carbocycles. The minimum absolute atomic E-state index is 0.679. The van der Waals surface area contributed by atoms with Gasteiger partial charge in [-0.15, -0.1) is 11.3 Å². The van der Waals surface area contributed by atoms with E-state index in [2.05, 4.69) is 27.0 Å². The Labute approximate surface area is 107 Å². The molecule has 0 saturated carbocycles. The molecule has 0 saturated heterocycles. The van der Waals surface area contributed by atoms with Crippen molar-refractivity contribution in [1.82, 2.24) is 4.98 Å². The van der Waals surface area contributed by atoms with Gasteiger partial charge in [-0.25, -0.2) is 4.98 Å². The van der Waals surface area contributed by atoms with Crippen molar-refractivity contribution in [1.29, 1.82) is 5.26 Å². The van der Waals surface area contributed by atoms with Crippen LogP contribution in [0.15, 0.2) is 22.7 Å². The molecule has 2 rings (SSSR count). The van der Waals surface area contributed by atoms with E-state index in [0.29, 0.717) is 4.88 Å². The largest absolute Gasteiger partial charge is 0.240 e. The molecule has 4 heteroatoms. The summed E-state index contributed by atoms with van der Waals surface area (Å²) >= 11 is 4.88. The molecule has 2 aromatic rings. The highest BCUT2D eigenvalue weighted by Gasteiger charge is 2.13. The summed E-state index contributed by atoms with van der Waals surface area (Å²) < 4.78 is 1.00. The fourth-order valence-electron chi connectivity index (χ4n) is 1.53. The van der Waals surface area contributed by atoms with Gasteiger partial charge in [-0.1, -0.05) is 22.0 Å². The average Bonchev–Trinajstić information content (AvgIpc) is 2.63. The molecule has 0 aliphatic heterocycles. The minimum atomic E-state index is 0.679. The van der Waals surface area contributed by atoms with Crippen molar-refractivity contribution < 1.29 is 0 Å². The molecule has 0 radical (unpaired) electrons. The standard InChI is InChI=1S/C12H9BrN2S/c1-7-3-4-9(13)5-10(7)12-11(6-14)16-8(2)15-12/h3-5H,1-2H3. The molecule has 1 aromatic heterocycles. The molecule has 0 bridgehead atoms. The van der Waals surface area contributed by atoms with Crippen LogP contribution in [-0.4, -0.2) is 4.98 Å². The van der Waals surface area contributed by atoms with Crippen LogP contribution in [0, 0.1) is 25.2 Å². The van der Waals surface area contributed by atoms with Crippen LogP contribution in [0.2, 0.25) is 0 Å². The molecule has 0 aliphatic carbocycles. The van der Waals surface area contributed by atoms with E-state index in [1.54, 1.807) is 0 Å². The molecule has 0 unspecified atom stereocenters. The van der Waals surface area contributed by atoms with Gasteiger partial charge in [0.1, 0.15) is 10.9 Å². The quantitative estimate of drug-likeness (QED) is 0.795. The van der Waals surface area contributed by atoms with Crippen LogP contribution in [0.25, 0.3) is 11.3 Å². The van der Waals surface area contributed by atoms with E-state index in [9.17, 15) is 0 Å². The van der Waals surface area contributed by atoms with E-state index in [1.807, 2.05) is 32.0 Å². The summed E-state index contributed by atoms with van der Waals surface area (Å²) in [6, 6.07) is 8.22. The van der Waals surface area contributed by atoms with Gasteiger partial charge in [-0.2, -0.15) is 5.26 Å². The van der Waals surface area contributed by atoms with Crippen LogP contribution in [0.4, 0.5) is 0 Å². The maximum absolute atomic E-state index is 9.06. The molecule has 0 aliphatic rings. The Bertz CT molecular complexity index is 581. The lowest BCUT2D eigenvalue weighted by Gasteiger charge is -2.03. The Morgan fingerprint density at radius 2 is 2.12 bits per heavy atom. The Kier molecular flexibility index (Phi) is 3.08. The molecule has 2 nitrogen and oxygen atoms in total. The molecular weight excluding hydrogens is 284 g/mol. The zero-order chi connectivity index (χ0) is 11.7. The zero-order valence-electron chi connectivity index (χ0n) is 8.91. The van der Waals surface area contributed by atoms with Crippen LogP contribution >= 0.6 is 27.3 Å². The fraction of sp³-hybridized carbons (Fsp3) is 0.167. The van der Waals surface area contributed by atoms with Crippen molar-refractivity contribution in [3.05, 3.63) is 38.1 Å². The summed E-state index contributed by atoms with van der Waals surface area (Å²) in [7, 11) is 0. The summed E-state index contributed by atoms with van der Waals surface area (Å²) in [6.45, 7) is 3.94. The molecule has 80 valence electrons. The summed E-state index contributed by atoms with van der Waals surface area (Å²) in [5, 5.41) is 9.98. The zero-order valence-corrected chi connectivity index (χ0v) is 11.3. The van der Waals surface area contributed by atoms with Crippen LogP contribution in [0.5, 0.6) is 0 Å². The fourth-order valence-corrected chi connectivity index (χ4v) is 2.63. The number of hydrogen-bond donors (Lipinski definition) is 0. The van der Waals surface area contributed by atoms with E-state index in [1.165, 1.54) is 11.3 Å². The maximum Gasteiger partial charge on any atom is 0.132 e. The third kappa shape index (κ3) is 2.01. The van der Waals surface area contributed by atoms with E-state index < -0.39 is 0 Å². The summed E-state index contributed by atoms with van der Waals surface area (Å²) in [5.74, 6) is 0. The van der Waals surface area contributed by atoms with Gasteiger partial charge in [0.05, 0.1) is 10.7 Å². The van der Waals surface area contributed by atoms with Crippen molar-refractivity contribution in [3.63, 3.8) is 0 Å². The predicted octanol–water partition coefficient (Wildman–Crippen LogP) is 4.06. The van der Waals surface area contributed by atoms with Gasteiger partial charge in [0.15, 0.2) is 0 Å². The van der Waals surface area contributed by atoms with Gasteiger partial charge in [0.2, 0.25) is 0 Å². The molecule has 1 heterocycles. The van der Waals surface area contributed by atoms with Gasteiger partial charge >= 0.3 is 0 Å². The molecule has 0 N–H and O–H groups in total.